The highest BCUT2D eigenvalue weighted by Crippen LogP contribution is 2.65. The third-order valence-corrected chi connectivity index (χ3v) is 11.1. The second-order valence-corrected chi connectivity index (χ2v) is 14.3. The molecule has 0 aromatic heterocycles. The van der Waals surface area contributed by atoms with Crippen LogP contribution in [0.4, 0.5) is 0 Å². The molecular formula is C29H41N5O5. The van der Waals surface area contributed by atoms with Gasteiger partial charge in [-0.3, -0.25) is 24.0 Å². The zero-order valence-corrected chi connectivity index (χ0v) is 23.1. The summed E-state index contributed by atoms with van der Waals surface area (Å²) in [5.74, 6) is -3.47. The fraction of sp³-hybridized carbons (Fsp3) is 0.759. The van der Waals surface area contributed by atoms with Crippen LogP contribution in [0.3, 0.4) is 0 Å². The predicted octanol–water partition coefficient (Wildman–Crippen LogP) is 0.450. The van der Waals surface area contributed by atoms with E-state index in [1.165, 1.54) is 4.90 Å². The number of amides is 5. The number of nitrogens with zero attached hydrogens (tertiary/aromatic N) is 1. The molecule has 7 aliphatic rings. The number of rotatable bonds is 8. The van der Waals surface area contributed by atoms with Crippen molar-refractivity contribution in [3.63, 3.8) is 0 Å². The van der Waals surface area contributed by atoms with Crippen LogP contribution in [0, 0.1) is 52.3 Å². The normalized spacial score (nSPS) is 40.8. The Morgan fingerprint density at radius 1 is 1.13 bits per heavy atom. The van der Waals surface area contributed by atoms with Gasteiger partial charge in [-0.15, -0.1) is 0 Å². The van der Waals surface area contributed by atoms with Crippen LogP contribution in [0.5, 0.6) is 0 Å². The van der Waals surface area contributed by atoms with Gasteiger partial charge < -0.3 is 27.0 Å². The van der Waals surface area contributed by atoms with Crippen molar-refractivity contribution in [2.24, 2.45) is 63.7 Å². The molecule has 6 fully saturated rings. The molecule has 8 atom stereocenters. The maximum Gasteiger partial charge on any atom is 0.246 e. The predicted molar refractivity (Wildman–Crippen MR) is 141 cm³/mol. The van der Waals surface area contributed by atoms with Crippen LogP contribution in [0.1, 0.15) is 59.3 Å². The first-order valence-corrected chi connectivity index (χ1v) is 14.5. The van der Waals surface area contributed by atoms with Gasteiger partial charge in [0.15, 0.2) is 0 Å². The average molecular weight is 540 g/mol. The van der Waals surface area contributed by atoms with E-state index in [0.717, 1.165) is 25.7 Å². The summed E-state index contributed by atoms with van der Waals surface area (Å²) in [7, 11) is 0. The lowest BCUT2D eigenvalue weighted by molar-refractivity contribution is -0.170. The highest BCUT2D eigenvalue weighted by Gasteiger charge is 2.71. The summed E-state index contributed by atoms with van der Waals surface area (Å²) in [5, 5.41) is 5.86. The van der Waals surface area contributed by atoms with Crippen molar-refractivity contribution in [3.05, 3.63) is 12.2 Å². The maximum atomic E-state index is 14.6. The van der Waals surface area contributed by atoms with Crippen molar-refractivity contribution < 1.29 is 24.0 Å². The van der Waals surface area contributed by atoms with E-state index in [1.54, 1.807) is 0 Å². The molecule has 10 nitrogen and oxygen atoms in total. The topological polar surface area (TPSA) is 165 Å². The number of primary amides is 2. The smallest absolute Gasteiger partial charge is 0.246 e. The highest BCUT2D eigenvalue weighted by atomic mass is 16.2. The van der Waals surface area contributed by atoms with Gasteiger partial charge in [0.25, 0.3) is 0 Å². The van der Waals surface area contributed by atoms with E-state index >= 15 is 0 Å². The summed E-state index contributed by atoms with van der Waals surface area (Å²) in [6.45, 7) is 6.41. The summed E-state index contributed by atoms with van der Waals surface area (Å²) < 4.78 is 0. The third-order valence-electron chi connectivity index (χ3n) is 11.1. The van der Waals surface area contributed by atoms with Crippen LogP contribution < -0.4 is 22.1 Å². The Morgan fingerprint density at radius 3 is 2.31 bits per heavy atom. The van der Waals surface area contributed by atoms with Crippen molar-refractivity contribution in [1.29, 1.82) is 0 Å². The van der Waals surface area contributed by atoms with E-state index in [4.69, 9.17) is 11.5 Å². The Balaban J connectivity index is 1.41. The van der Waals surface area contributed by atoms with Crippen LogP contribution in [0.25, 0.3) is 0 Å². The van der Waals surface area contributed by atoms with Gasteiger partial charge in [-0.2, -0.15) is 0 Å². The second kappa shape index (κ2) is 8.54. The second-order valence-electron chi connectivity index (χ2n) is 14.3. The molecule has 2 saturated heterocycles. The van der Waals surface area contributed by atoms with Crippen LogP contribution in [0.2, 0.25) is 0 Å². The molecule has 2 heterocycles. The van der Waals surface area contributed by atoms with Crippen LogP contribution in [-0.2, 0) is 24.0 Å². The Bertz CT molecular complexity index is 1160. The first-order valence-electron chi connectivity index (χ1n) is 14.5. The molecule has 212 valence electrons. The largest absolute Gasteiger partial charge is 0.369 e. The number of nitrogens with two attached hydrogens (primary N) is 2. The van der Waals surface area contributed by atoms with Gasteiger partial charge in [-0.25, -0.2) is 0 Å². The standard InChI is InChI=1S/C29H41N5O5/c1-27(2,3)21(33-26(39)28-10-14(11-28)12-28)24(37)34-13-18-15-4-5-16(8-15)20(18)29(34,25(31)38)19(22(30)35)9-17-6-7-32-23(17)36/h4-5,14-21H,6-13H2,1-3H3,(H2,30,35)(H2,31,38)(H,32,36)(H,33,39)/t14?,15?,16?,17-,18?,19-,20?,21-,28?,29?/m1/s1. The lowest BCUT2D eigenvalue weighted by Crippen LogP contribution is -2.71. The number of fused-ring (bicyclic) bond motifs is 5. The summed E-state index contributed by atoms with van der Waals surface area (Å²) in [4.78, 5) is 69.1. The summed E-state index contributed by atoms with van der Waals surface area (Å²) >= 11 is 0. The molecule has 4 saturated carbocycles. The minimum atomic E-state index is -1.68. The van der Waals surface area contributed by atoms with Gasteiger partial charge in [0.05, 0.1) is 5.92 Å². The highest BCUT2D eigenvalue weighted by molar-refractivity contribution is 6.00. The third kappa shape index (κ3) is 3.62. The molecule has 0 radical (unpaired) electrons. The summed E-state index contributed by atoms with van der Waals surface area (Å²) in [6, 6.07) is -0.912. The molecule has 5 unspecified atom stereocenters. The minimum absolute atomic E-state index is 0.0204. The minimum Gasteiger partial charge on any atom is -0.369 e. The zero-order valence-electron chi connectivity index (χ0n) is 23.1. The monoisotopic (exact) mass is 539 g/mol. The number of likely N-dealkylation sites (tertiary alicyclic amines) is 1. The molecule has 10 heteroatoms. The van der Waals surface area contributed by atoms with Crippen LogP contribution in [0.15, 0.2) is 12.2 Å². The summed E-state index contributed by atoms with van der Waals surface area (Å²) in [6.07, 6.45) is 8.18. The molecule has 2 aliphatic heterocycles. The number of nitrogens with one attached hydrogen (secondary N) is 2. The lowest BCUT2D eigenvalue weighted by Gasteiger charge is -2.60. The zero-order chi connectivity index (χ0) is 28.1. The molecular weight excluding hydrogens is 498 g/mol. The molecule has 0 aromatic carbocycles. The van der Waals surface area contributed by atoms with Crippen molar-refractivity contribution in [2.45, 2.75) is 70.9 Å². The Morgan fingerprint density at radius 2 is 1.79 bits per heavy atom. The summed E-state index contributed by atoms with van der Waals surface area (Å²) in [5.41, 5.74) is 9.57. The van der Waals surface area contributed by atoms with Gasteiger partial charge in [0.1, 0.15) is 11.6 Å². The number of carbonyl (C=O) groups excluding carboxylic acids is 5. The van der Waals surface area contributed by atoms with E-state index < -0.39 is 46.6 Å². The van der Waals surface area contributed by atoms with Gasteiger partial charge >= 0.3 is 0 Å². The molecule has 0 spiro atoms. The molecule has 5 amide bonds. The number of allylic oxidation sites excluding steroid dienone is 2. The number of carbonyl (C=O) groups is 5. The fourth-order valence-electron chi connectivity index (χ4n) is 9.04. The number of hydrogen-bond acceptors (Lipinski definition) is 5. The molecule has 39 heavy (non-hydrogen) atoms. The van der Waals surface area contributed by atoms with Crippen LogP contribution in [-0.4, -0.2) is 59.1 Å². The van der Waals surface area contributed by atoms with Gasteiger partial charge in [-0.05, 0) is 67.6 Å². The SMILES string of the molecule is CC(C)(C)[C@H](NC(=O)C12CC(C1)C2)C(=O)N1CC2C3C=CC(C3)C2C1(C(N)=O)[C@H](C[C@H]1CCNC1=O)C(N)=O. The van der Waals surface area contributed by atoms with Gasteiger partial charge in [0, 0.05) is 30.3 Å². The van der Waals surface area contributed by atoms with Crippen LogP contribution >= 0.6 is 0 Å². The Kier molecular flexibility index (Phi) is 5.77. The van der Waals surface area contributed by atoms with Crippen molar-refractivity contribution >= 4 is 29.5 Å². The van der Waals surface area contributed by atoms with E-state index in [1.807, 2.05) is 20.8 Å². The van der Waals surface area contributed by atoms with Crippen molar-refractivity contribution in [1.82, 2.24) is 15.5 Å². The molecule has 4 bridgehead atoms. The fourth-order valence-corrected chi connectivity index (χ4v) is 9.04. The molecule has 5 aliphatic carbocycles. The van der Waals surface area contributed by atoms with E-state index in [9.17, 15) is 24.0 Å². The van der Waals surface area contributed by atoms with E-state index in [-0.39, 0.29) is 53.9 Å². The van der Waals surface area contributed by atoms with Crippen molar-refractivity contribution in [3.8, 4) is 0 Å². The molecule has 6 N–H and O–H groups in total. The average Bonchev–Trinajstić information content (AvgIpc) is 3.54. The van der Waals surface area contributed by atoms with Gasteiger partial charge in [-0.1, -0.05) is 32.9 Å². The molecule has 0 aromatic rings. The van der Waals surface area contributed by atoms with Crippen molar-refractivity contribution in [2.75, 3.05) is 13.1 Å². The first kappa shape index (κ1) is 26.3. The van der Waals surface area contributed by atoms with Gasteiger partial charge in [0.2, 0.25) is 29.5 Å². The van der Waals surface area contributed by atoms with E-state index in [2.05, 4.69) is 22.8 Å². The Hall–Kier alpha value is -2.91. The quantitative estimate of drug-likeness (QED) is 0.328. The molecule has 7 rings (SSSR count). The lowest BCUT2D eigenvalue weighted by atomic mass is 9.44. The maximum absolute atomic E-state index is 14.6. The first-order chi connectivity index (χ1) is 18.3. The number of hydrogen-bond donors (Lipinski definition) is 4. The Labute approximate surface area is 229 Å². The van der Waals surface area contributed by atoms with E-state index in [0.29, 0.717) is 18.9 Å².